The molecule has 0 aliphatic rings. The van der Waals surface area contributed by atoms with E-state index in [1.807, 2.05) is 60.8 Å². The molecule has 0 spiro atoms. The first-order chi connectivity index (χ1) is 13.1. The van der Waals surface area contributed by atoms with Crippen LogP contribution in [-0.4, -0.2) is 18.1 Å². The molecule has 2 amide bonds. The zero-order chi connectivity index (χ0) is 19.1. The molecular weight excluding hydrogens is 362 g/mol. The zero-order valence-electron chi connectivity index (χ0n) is 15.2. The molecule has 0 radical (unpaired) electrons. The number of carbonyl (C=O) groups excluding carboxylic acids is 1. The van der Waals surface area contributed by atoms with Gasteiger partial charge in [-0.05, 0) is 30.2 Å². The van der Waals surface area contributed by atoms with Crippen molar-refractivity contribution in [2.75, 3.05) is 12.4 Å². The highest BCUT2D eigenvalue weighted by atomic mass is 32.1. The van der Waals surface area contributed by atoms with E-state index in [2.05, 4.69) is 15.6 Å². The second-order valence-electron chi connectivity index (χ2n) is 5.86. The number of nitrogens with one attached hydrogen (secondary N) is 2. The Morgan fingerprint density at radius 1 is 1.11 bits per heavy atom. The lowest BCUT2D eigenvalue weighted by molar-refractivity contribution is 0.251. The maximum atomic E-state index is 12.0. The van der Waals surface area contributed by atoms with E-state index in [9.17, 15) is 4.79 Å². The van der Waals surface area contributed by atoms with Gasteiger partial charge in [0.25, 0.3) is 0 Å². The third-order valence-electron chi connectivity index (χ3n) is 3.76. The van der Waals surface area contributed by atoms with Crippen LogP contribution in [0.5, 0.6) is 11.5 Å². The van der Waals surface area contributed by atoms with E-state index in [0.717, 1.165) is 16.8 Å². The number of hydrogen-bond acceptors (Lipinski definition) is 5. The number of thiazole rings is 1. The maximum absolute atomic E-state index is 12.0. The van der Waals surface area contributed by atoms with E-state index in [1.165, 1.54) is 11.3 Å². The fraction of sp³-hybridized carbons (Fsp3) is 0.200. The molecule has 0 aliphatic heterocycles. The van der Waals surface area contributed by atoms with Gasteiger partial charge >= 0.3 is 6.03 Å². The largest absolute Gasteiger partial charge is 0.493 e. The highest BCUT2D eigenvalue weighted by Crippen LogP contribution is 2.28. The molecule has 2 N–H and O–H groups in total. The van der Waals surface area contributed by atoms with Gasteiger partial charge in [-0.15, -0.1) is 11.3 Å². The minimum Gasteiger partial charge on any atom is -0.493 e. The van der Waals surface area contributed by atoms with Gasteiger partial charge in [-0.3, -0.25) is 5.32 Å². The Kier molecular flexibility index (Phi) is 6.27. The minimum absolute atomic E-state index is 0.298. The molecule has 3 aromatic rings. The normalized spacial score (nSPS) is 10.3. The van der Waals surface area contributed by atoms with Gasteiger partial charge in [0.05, 0.1) is 12.8 Å². The minimum atomic E-state index is -0.298. The molecule has 3 rings (SSSR count). The van der Waals surface area contributed by atoms with Gasteiger partial charge in [-0.1, -0.05) is 36.4 Å². The van der Waals surface area contributed by atoms with Crippen molar-refractivity contribution < 1.29 is 14.3 Å². The van der Waals surface area contributed by atoms with Crippen LogP contribution in [0.2, 0.25) is 0 Å². The molecule has 0 atom stereocenters. The van der Waals surface area contributed by atoms with E-state index in [4.69, 9.17) is 9.47 Å². The van der Waals surface area contributed by atoms with E-state index in [0.29, 0.717) is 29.8 Å². The summed E-state index contributed by atoms with van der Waals surface area (Å²) in [5, 5.41) is 7.98. The first-order valence-corrected chi connectivity index (χ1v) is 9.32. The van der Waals surface area contributed by atoms with Crippen LogP contribution >= 0.6 is 11.3 Å². The van der Waals surface area contributed by atoms with Crippen LogP contribution in [0.15, 0.2) is 53.9 Å². The highest BCUT2D eigenvalue weighted by Gasteiger charge is 2.08. The molecule has 1 heterocycles. The summed E-state index contributed by atoms with van der Waals surface area (Å²) in [6.07, 6.45) is 0. The highest BCUT2D eigenvalue weighted by molar-refractivity contribution is 7.13. The average molecular weight is 383 g/mol. The number of benzene rings is 2. The van der Waals surface area contributed by atoms with Crippen LogP contribution in [0, 0.1) is 6.92 Å². The monoisotopic (exact) mass is 383 g/mol. The van der Waals surface area contributed by atoms with Crippen molar-refractivity contribution >= 4 is 22.5 Å². The summed E-state index contributed by atoms with van der Waals surface area (Å²) in [6.45, 7) is 2.71. The molecule has 6 nitrogen and oxygen atoms in total. The van der Waals surface area contributed by atoms with Gasteiger partial charge < -0.3 is 14.8 Å². The zero-order valence-corrected chi connectivity index (χ0v) is 16.0. The summed E-state index contributed by atoms with van der Waals surface area (Å²) >= 11 is 1.39. The van der Waals surface area contributed by atoms with Gasteiger partial charge in [-0.25, -0.2) is 9.78 Å². The number of rotatable bonds is 7. The summed E-state index contributed by atoms with van der Waals surface area (Å²) in [6, 6.07) is 15.2. The van der Waals surface area contributed by atoms with Crippen LogP contribution in [0.4, 0.5) is 9.93 Å². The Bertz CT molecular complexity index is 896. The van der Waals surface area contributed by atoms with Crippen molar-refractivity contribution in [2.24, 2.45) is 0 Å². The number of methoxy groups -OCH3 is 1. The lowest BCUT2D eigenvalue weighted by Crippen LogP contribution is -2.28. The molecule has 1 aromatic heterocycles. The number of ether oxygens (including phenoxy) is 2. The molecule has 0 fully saturated rings. The number of urea groups is 1. The van der Waals surface area contributed by atoms with Crippen LogP contribution in [0.1, 0.15) is 16.8 Å². The number of aromatic nitrogens is 1. The second kappa shape index (κ2) is 9.05. The molecule has 27 heavy (non-hydrogen) atoms. The van der Waals surface area contributed by atoms with Crippen LogP contribution < -0.4 is 20.1 Å². The first kappa shape index (κ1) is 18.7. The van der Waals surface area contributed by atoms with Crippen LogP contribution in [0.3, 0.4) is 0 Å². The van der Waals surface area contributed by atoms with Crippen molar-refractivity contribution in [3.8, 4) is 11.5 Å². The van der Waals surface area contributed by atoms with E-state index >= 15 is 0 Å². The molecule has 0 saturated carbocycles. The van der Waals surface area contributed by atoms with Gasteiger partial charge in [0.15, 0.2) is 16.6 Å². The van der Waals surface area contributed by atoms with Crippen LogP contribution in [-0.2, 0) is 13.2 Å². The molecule has 0 bridgehead atoms. The van der Waals surface area contributed by atoms with E-state index in [1.54, 1.807) is 7.11 Å². The predicted molar refractivity (Wildman–Crippen MR) is 106 cm³/mol. The topological polar surface area (TPSA) is 72.5 Å². The summed E-state index contributed by atoms with van der Waals surface area (Å²) < 4.78 is 11.3. The van der Waals surface area contributed by atoms with Crippen molar-refractivity contribution in [3.05, 3.63) is 70.7 Å². The van der Waals surface area contributed by atoms with Crippen LogP contribution in [0.25, 0.3) is 0 Å². The number of amides is 2. The molecule has 0 unspecified atom stereocenters. The lowest BCUT2D eigenvalue weighted by Gasteiger charge is -2.13. The Hall–Kier alpha value is -3.06. The third kappa shape index (κ3) is 5.46. The smallest absolute Gasteiger partial charge is 0.321 e. The predicted octanol–water partition coefficient (Wildman–Crippen LogP) is 4.36. The van der Waals surface area contributed by atoms with Crippen molar-refractivity contribution in [2.45, 2.75) is 20.1 Å². The molecular formula is C20H21N3O3S. The summed E-state index contributed by atoms with van der Waals surface area (Å²) in [5.74, 6) is 1.29. The molecule has 0 saturated heterocycles. The van der Waals surface area contributed by atoms with Gasteiger partial charge in [-0.2, -0.15) is 0 Å². The van der Waals surface area contributed by atoms with Gasteiger partial charge in [0, 0.05) is 11.9 Å². The number of anilines is 1. The van der Waals surface area contributed by atoms with Crippen molar-refractivity contribution in [1.82, 2.24) is 10.3 Å². The summed E-state index contributed by atoms with van der Waals surface area (Å²) in [7, 11) is 1.60. The SMILES string of the molecule is COc1cc(CNC(=O)Nc2nc(C)cs2)ccc1OCc1ccccc1. The summed E-state index contributed by atoms with van der Waals surface area (Å²) in [4.78, 5) is 16.2. The second-order valence-corrected chi connectivity index (χ2v) is 6.72. The van der Waals surface area contributed by atoms with Gasteiger partial charge in [0.1, 0.15) is 6.61 Å². The molecule has 2 aromatic carbocycles. The Morgan fingerprint density at radius 2 is 1.93 bits per heavy atom. The Morgan fingerprint density at radius 3 is 2.63 bits per heavy atom. The number of aryl methyl sites for hydroxylation is 1. The summed E-state index contributed by atoms with van der Waals surface area (Å²) in [5.41, 5.74) is 2.87. The molecule has 7 heteroatoms. The van der Waals surface area contributed by atoms with Crippen molar-refractivity contribution in [1.29, 1.82) is 0 Å². The number of hydrogen-bond donors (Lipinski definition) is 2. The standard InChI is InChI=1S/C20H21N3O3S/c1-14-13-27-20(22-14)23-19(24)21-11-16-8-9-17(18(10-16)25-2)26-12-15-6-4-3-5-7-15/h3-10,13H,11-12H2,1-2H3,(H2,21,22,23,24). The molecule has 0 aliphatic carbocycles. The quantitative estimate of drug-likeness (QED) is 0.636. The van der Waals surface area contributed by atoms with E-state index in [-0.39, 0.29) is 6.03 Å². The van der Waals surface area contributed by atoms with Gasteiger partial charge in [0.2, 0.25) is 0 Å². The Labute approximate surface area is 162 Å². The molecule has 140 valence electrons. The number of carbonyl (C=O) groups is 1. The fourth-order valence-electron chi connectivity index (χ4n) is 2.41. The average Bonchev–Trinajstić information content (AvgIpc) is 3.10. The van der Waals surface area contributed by atoms with E-state index < -0.39 is 0 Å². The Balaban J connectivity index is 1.56. The fourth-order valence-corrected chi connectivity index (χ4v) is 3.09. The lowest BCUT2D eigenvalue weighted by atomic mass is 10.2. The first-order valence-electron chi connectivity index (χ1n) is 8.44. The maximum Gasteiger partial charge on any atom is 0.321 e. The third-order valence-corrected chi connectivity index (χ3v) is 4.63. The number of nitrogens with zero attached hydrogens (tertiary/aromatic N) is 1. The van der Waals surface area contributed by atoms with Crippen molar-refractivity contribution in [3.63, 3.8) is 0 Å².